The van der Waals surface area contributed by atoms with E-state index in [4.69, 9.17) is 5.41 Å². The lowest BCUT2D eigenvalue weighted by atomic mass is 10.1. The molecular weight excluding hydrogens is 146 g/mol. The van der Waals surface area contributed by atoms with Gasteiger partial charge in [0.05, 0.1) is 12.1 Å². The Hall–Kier alpha value is -0.380. The summed E-state index contributed by atoms with van der Waals surface area (Å²) in [5.41, 5.74) is 0. The smallest absolute Gasteiger partial charge is 0.188 e. The fourth-order valence-electron chi connectivity index (χ4n) is 1.47. The third-order valence-electron chi connectivity index (χ3n) is 2.02. The van der Waals surface area contributed by atoms with E-state index in [-0.39, 0.29) is 0 Å². The van der Waals surface area contributed by atoms with Crippen molar-refractivity contribution in [1.29, 1.82) is 5.41 Å². The van der Waals surface area contributed by atoms with Crippen molar-refractivity contribution in [2.24, 2.45) is 0 Å². The number of nitrogens with one attached hydrogen (secondary N) is 3. The zero-order valence-electron chi connectivity index (χ0n) is 5.68. The fraction of sp³-hybridized carbons (Fsp3) is 0.833. The second-order valence-electron chi connectivity index (χ2n) is 2.74. The molecule has 0 radical (unpaired) electrons. The van der Waals surface area contributed by atoms with Crippen LogP contribution in [0.2, 0.25) is 0 Å². The highest BCUT2D eigenvalue weighted by Crippen LogP contribution is 2.20. The van der Waals surface area contributed by atoms with Gasteiger partial charge in [-0.2, -0.15) is 11.8 Å². The van der Waals surface area contributed by atoms with Crippen molar-refractivity contribution < 1.29 is 0 Å². The molecule has 0 aromatic carbocycles. The third-order valence-corrected chi connectivity index (χ3v) is 3.13. The van der Waals surface area contributed by atoms with Crippen molar-refractivity contribution in [3.63, 3.8) is 0 Å². The molecule has 2 rings (SSSR count). The Balaban J connectivity index is 2.04. The average Bonchev–Trinajstić information content (AvgIpc) is 2.27. The van der Waals surface area contributed by atoms with Crippen molar-refractivity contribution >= 4 is 17.7 Å². The maximum atomic E-state index is 7.31. The summed E-state index contributed by atoms with van der Waals surface area (Å²) in [7, 11) is 0. The van der Waals surface area contributed by atoms with Crippen LogP contribution < -0.4 is 10.6 Å². The van der Waals surface area contributed by atoms with Crippen molar-refractivity contribution in [2.75, 3.05) is 11.5 Å². The summed E-state index contributed by atoms with van der Waals surface area (Å²) in [6, 6.07) is 1.06. The Morgan fingerprint density at radius 1 is 1.40 bits per heavy atom. The third kappa shape index (κ3) is 0.963. The number of hydrogen-bond donors (Lipinski definition) is 3. The molecule has 3 nitrogen and oxygen atoms in total. The second-order valence-corrected chi connectivity index (χ2v) is 3.89. The number of rotatable bonds is 0. The van der Waals surface area contributed by atoms with Gasteiger partial charge in [0.1, 0.15) is 0 Å². The molecule has 2 aliphatic heterocycles. The van der Waals surface area contributed by atoms with Gasteiger partial charge < -0.3 is 10.6 Å². The first-order valence-corrected chi connectivity index (χ1v) is 4.71. The summed E-state index contributed by atoms with van der Waals surface area (Å²) >= 11 is 1.97. The predicted octanol–water partition coefficient (Wildman–Crippen LogP) is -0.0119. The lowest BCUT2D eigenvalue weighted by Crippen LogP contribution is -2.39. The summed E-state index contributed by atoms with van der Waals surface area (Å²) in [6.45, 7) is 0. The molecule has 0 saturated carbocycles. The molecule has 2 saturated heterocycles. The van der Waals surface area contributed by atoms with Gasteiger partial charge in [-0.15, -0.1) is 0 Å². The highest BCUT2D eigenvalue weighted by molar-refractivity contribution is 7.99. The van der Waals surface area contributed by atoms with Gasteiger partial charge in [-0.3, -0.25) is 5.41 Å². The summed E-state index contributed by atoms with van der Waals surface area (Å²) < 4.78 is 0. The van der Waals surface area contributed by atoms with Gasteiger partial charge in [-0.1, -0.05) is 0 Å². The zero-order chi connectivity index (χ0) is 6.97. The van der Waals surface area contributed by atoms with Crippen LogP contribution in [0, 0.1) is 5.41 Å². The molecule has 0 bridgehead atoms. The maximum Gasteiger partial charge on any atom is 0.188 e. The van der Waals surface area contributed by atoms with Crippen molar-refractivity contribution in [2.45, 2.75) is 18.5 Å². The van der Waals surface area contributed by atoms with Crippen LogP contribution in [0.25, 0.3) is 0 Å². The normalized spacial score (nSPS) is 38.2. The molecule has 2 aliphatic rings. The van der Waals surface area contributed by atoms with Crippen LogP contribution in [0.5, 0.6) is 0 Å². The minimum absolute atomic E-state index is 0.512. The van der Waals surface area contributed by atoms with Gasteiger partial charge in [0.15, 0.2) is 5.96 Å². The lowest BCUT2D eigenvalue weighted by molar-refractivity contribution is 0.525. The molecule has 2 heterocycles. The standard InChI is InChI=1S/C6H11N3S/c7-6-8-4-1-2-10-3-5(4)9-6/h4-5H,1-3H2,(H3,7,8,9)/t4-,5+/m1/s1. The lowest BCUT2D eigenvalue weighted by Gasteiger charge is -2.22. The van der Waals surface area contributed by atoms with Gasteiger partial charge in [0.2, 0.25) is 0 Å². The first-order valence-electron chi connectivity index (χ1n) is 3.55. The molecule has 0 spiro atoms. The average molecular weight is 157 g/mol. The predicted molar refractivity (Wildman–Crippen MR) is 43.5 cm³/mol. The SMILES string of the molecule is N=C1N[C@H]2CSCC[C@H]2N1. The number of fused-ring (bicyclic) bond motifs is 1. The molecule has 0 aromatic rings. The molecule has 2 fully saturated rings. The molecule has 2 atom stereocenters. The van der Waals surface area contributed by atoms with E-state index in [2.05, 4.69) is 10.6 Å². The van der Waals surface area contributed by atoms with Gasteiger partial charge in [0, 0.05) is 5.75 Å². The Morgan fingerprint density at radius 2 is 2.20 bits per heavy atom. The molecule has 10 heavy (non-hydrogen) atoms. The van der Waals surface area contributed by atoms with Crippen LogP contribution in [0.4, 0.5) is 0 Å². The Kier molecular flexibility index (Phi) is 1.48. The maximum absolute atomic E-state index is 7.31. The molecular formula is C6H11N3S. The van der Waals surface area contributed by atoms with E-state index in [1.54, 1.807) is 0 Å². The quantitative estimate of drug-likeness (QED) is 0.463. The highest BCUT2D eigenvalue weighted by Gasteiger charge is 2.31. The van der Waals surface area contributed by atoms with Crippen LogP contribution in [0.3, 0.4) is 0 Å². The molecule has 0 aliphatic carbocycles. The van der Waals surface area contributed by atoms with Crippen molar-refractivity contribution in [1.82, 2.24) is 10.6 Å². The molecule has 0 unspecified atom stereocenters. The summed E-state index contributed by atoms with van der Waals surface area (Å²) in [6.07, 6.45) is 1.20. The monoisotopic (exact) mass is 157 g/mol. The van der Waals surface area contributed by atoms with Crippen molar-refractivity contribution in [3.05, 3.63) is 0 Å². The minimum Gasteiger partial charge on any atom is -0.352 e. The van der Waals surface area contributed by atoms with E-state index in [9.17, 15) is 0 Å². The highest BCUT2D eigenvalue weighted by atomic mass is 32.2. The number of thioether (sulfide) groups is 1. The molecule has 4 heteroatoms. The van der Waals surface area contributed by atoms with Crippen LogP contribution in [-0.4, -0.2) is 29.5 Å². The first-order chi connectivity index (χ1) is 4.86. The van der Waals surface area contributed by atoms with E-state index < -0.39 is 0 Å². The molecule has 0 aromatic heterocycles. The zero-order valence-corrected chi connectivity index (χ0v) is 6.50. The second kappa shape index (κ2) is 2.34. The first kappa shape index (κ1) is 6.34. The molecule has 3 N–H and O–H groups in total. The Morgan fingerprint density at radius 3 is 3.00 bits per heavy atom. The van der Waals surface area contributed by atoms with Gasteiger partial charge in [-0.25, -0.2) is 0 Å². The van der Waals surface area contributed by atoms with Crippen LogP contribution in [0.1, 0.15) is 6.42 Å². The van der Waals surface area contributed by atoms with Crippen molar-refractivity contribution in [3.8, 4) is 0 Å². The summed E-state index contributed by atoms with van der Waals surface area (Å²) in [5.74, 6) is 2.90. The van der Waals surface area contributed by atoms with Crippen LogP contribution in [0.15, 0.2) is 0 Å². The van der Waals surface area contributed by atoms with Gasteiger partial charge in [-0.05, 0) is 12.2 Å². The topological polar surface area (TPSA) is 47.9 Å². The van der Waals surface area contributed by atoms with E-state index in [0.717, 1.165) is 5.75 Å². The fourth-order valence-corrected chi connectivity index (χ4v) is 2.62. The molecule has 0 amide bonds. The summed E-state index contributed by atoms with van der Waals surface area (Å²) in [4.78, 5) is 0. The van der Waals surface area contributed by atoms with Gasteiger partial charge >= 0.3 is 0 Å². The van der Waals surface area contributed by atoms with E-state index in [0.29, 0.717) is 18.0 Å². The number of guanidine groups is 1. The van der Waals surface area contributed by atoms with E-state index >= 15 is 0 Å². The number of hydrogen-bond acceptors (Lipinski definition) is 2. The Labute approximate surface area is 64.5 Å². The minimum atomic E-state index is 0.512. The van der Waals surface area contributed by atoms with E-state index in [1.807, 2.05) is 11.8 Å². The largest absolute Gasteiger partial charge is 0.352 e. The van der Waals surface area contributed by atoms with Crippen LogP contribution >= 0.6 is 11.8 Å². The van der Waals surface area contributed by atoms with Crippen LogP contribution in [-0.2, 0) is 0 Å². The van der Waals surface area contributed by atoms with Gasteiger partial charge in [0.25, 0.3) is 0 Å². The van der Waals surface area contributed by atoms with E-state index in [1.165, 1.54) is 12.2 Å². The summed E-state index contributed by atoms with van der Waals surface area (Å²) in [5, 5.41) is 13.5. The molecule has 56 valence electrons. The Bertz CT molecular complexity index is 143.